The molecule has 0 amide bonds. The van der Waals surface area contributed by atoms with Gasteiger partial charge in [-0.2, -0.15) is 0 Å². The normalized spacial score (nSPS) is 12.3. The number of pyridine rings is 1. The van der Waals surface area contributed by atoms with Crippen LogP contribution in [0.2, 0.25) is 0 Å². The summed E-state index contributed by atoms with van der Waals surface area (Å²) in [7, 11) is -7.05. The lowest BCUT2D eigenvalue weighted by atomic mass is 10.5. The molecular formula is C8H15N5O4S2. The Kier molecular flexibility index (Phi) is 5.20. The van der Waals surface area contributed by atoms with Gasteiger partial charge in [-0.1, -0.05) is 0 Å². The van der Waals surface area contributed by atoms with Crippen molar-refractivity contribution in [2.75, 3.05) is 24.8 Å². The Hall–Kier alpha value is -1.27. The molecule has 1 aromatic rings. The summed E-state index contributed by atoms with van der Waals surface area (Å²) in [5, 5.41) is 0. The Labute approximate surface area is 111 Å². The number of sulfonamides is 2. The van der Waals surface area contributed by atoms with Gasteiger partial charge in [-0.05, 0) is 12.1 Å². The monoisotopic (exact) mass is 309 g/mol. The fraction of sp³-hybridized carbons (Fsp3) is 0.375. The quantitative estimate of drug-likeness (QED) is 0.264. The number of aromatic nitrogens is 1. The highest BCUT2D eigenvalue weighted by Gasteiger charge is 2.13. The Bertz CT molecular complexity index is 611. The van der Waals surface area contributed by atoms with Crippen LogP contribution in [-0.4, -0.2) is 41.2 Å². The molecule has 1 heterocycles. The zero-order valence-electron chi connectivity index (χ0n) is 10.1. The predicted octanol–water partition coefficient (Wildman–Crippen LogP) is -1.81. The highest BCUT2D eigenvalue weighted by Crippen LogP contribution is 2.09. The van der Waals surface area contributed by atoms with Gasteiger partial charge < -0.3 is 5.43 Å². The predicted molar refractivity (Wildman–Crippen MR) is 70.1 cm³/mol. The molecule has 0 spiro atoms. The molecule has 1 aromatic heterocycles. The first-order chi connectivity index (χ1) is 8.74. The number of hydrogen-bond acceptors (Lipinski definition) is 7. The second-order valence-corrected chi connectivity index (χ2v) is 7.19. The maximum Gasteiger partial charge on any atom is 0.242 e. The van der Waals surface area contributed by atoms with E-state index in [1.165, 1.54) is 12.1 Å². The second-order valence-electron chi connectivity index (χ2n) is 3.59. The number of nitrogen functional groups attached to an aromatic ring is 1. The molecule has 0 saturated heterocycles. The Morgan fingerprint density at radius 1 is 1.16 bits per heavy atom. The number of hydrazine groups is 1. The molecule has 0 aliphatic carbocycles. The zero-order valence-corrected chi connectivity index (χ0v) is 11.8. The van der Waals surface area contributed by atoms with Crippen LogP contribution in [0.15, 0.2) is 23.2 Å². The largest absolute Gasteiger partial charge is 0.308 e. The van der Waals surface area contributed by atoms with Crippen LogP contribution in [0.3, 0.4) is 0 Å². The van der Waals surface area contributed by atoms with Crippen LogP contribution < -0.4 is 20.7 Å². The topological polar surface area (TPSA) is 143 Å². The lowest BCUT2D eigenvalue weighted by molar-refractivity contribution is 0.573. The van der Waals surface area contributed by atoms with Gasteiger partial charge in [0.2, 0.25) is 20.0 Å². The van der Waals surface area contributed by atoms with E-state index >= 15 is 0 Å². The number of nitrogens with two attached hydrogens (primary N) is 1. The van der Waals surface area contributed by atoms with Crippen LogP contribution in [0.5, 0.6) is 0 Å². The smallest absolute Gasteiger partial charge is 0.242 e. The maximum atomic E-state index is 11.8. The molecule has 0 aromatic carbocycles. The minimum absolute atomic E-state index is 0.0338. The molecule has 0 aliphatic heterocycles. The number of rotatable bonds is 7. The van der Waals surface area contributed by atoms with Crippen LogP contribution in [-0.2, 0) is 20.0 Å². The average molecular weight is 309 g/mol. The van der Waals surface area contributed by atoms with Gasteiger partial charge in [0.05, 0.1) is 6.26 Å². The fourth-order valence-electron chi connectivity index (χ4n) is 1.13. The Morgan fingerprint density at radius 3 is 2.26 bits per heavy atom. The molecule has 19 heavy (non-hydrogen) atoms. The second kappa shape index (κ2) is 6.25. The van der Waals surface area contributed by atoms with Gasteiger partial charge in [0.25, 0.3) is 0 Å². The van der Waals surface area contributed by atoms with E-state index in [9.17, 15) is 16.8 Å². The summed E-state index contributed by atoms with van der Waals surface area (Å²) in [6.07, 6.45) is 2.13. The van der Waals surface area contributed by atoms with Crippen molar-refractivity contribution < 1.29 is 16.8 Å². The van der Waals surface area contributed by atoms with Gasteiger partial charge in [-0.3, -0.25) is 0 Å². The minimum Gasteiger partial charge on any atom is -0.308 e. The van der Waals surface area contributed by atoms with Crippen LogP contribution in [0.1, 0.15) is 0 Å². The number of hydrogen-bond donors (Lipinski definition) is 4. The third-order valence-corrected chi connectivity index (χ3v) is 4.15. The minimum atomic E-state index is -3.72. The first kappa shape index (κ1) is 15.8. The molecule has 0 radical (unpaired) electrons. The maximum absolute atomic E-state index is 11.8. The van der Waals surface area contributed by atoms with Crippen molar-refractivity contribution in [1.82, 2.24) is 14.4 Å². The Balaban J connectivity index is 2.60. The summed E-state index contributed by atoms with van der Waals surface area (Å²) < 4.78 is 49.5. The molecule has 0 bridgehead atoms. The van der Waals surface area contributed by atoms with Crippen molar-refractivity contribution in [3.8, 4) is 0 Å². The van der Waals surface area contributed by atoms with Gasteiger partial charge in [0.15, 0.2) is 0 Å². The van der Waals surface area contributed by atoms with E-state index in [0.29, 0.717) is 5.82 Å². The van der Waals surface area contributed by atoms with E-state index in [0.717, 1.165) is 12.5 Å². The first-order valence-electron chi connectivity index (χ1n) is 5.11. The zero-order chi connectivity index (χ0) is 14.5. The van der Waals surface area contributed by atoms with E-state index < -0.39 is 20.0 Å². The van der Waals surface area contributed by atoms with Gasteiger partial charge in [-0.15, -0.1) is 0 Å². The molecule has 1 rings (SSSR count). The summed E-state index contributed by atoms with van der Waals surface area (Å²) in [4.78, 5) is 3.73. The lowest BCUT2D eigenvalue weighted by Crippen LogP contribution is -2.34. The Morgan fingerprint density at radius 2 is 1.79 bits per heavy atom. The molecular weight excluding hydrogens is 294 g/mol. The number of anilines is 1. The highest BCUT2D eigenvalue weighted by molar-refractivity contribution is 7.89. The molecule has 0 atom stereocenters. The summed E-state index contributed by atoms with van der Waals surface area (Å²) in [6, 6.07) is 2.73. The van der Waals surface area contributed by atoms with Gasteiger partial charge in [0, 0.05) is 19.3 Å². The van der Waals surface area contributed by atoms with E-state index in [-0.39, 0.29) is 18.0 Å². The fourth-order valence-corrected chi connectivity index (χ4v) is 2.58. The molecule has 0 aliphatic rings. The number of nitrogens with zero attached hydrogens (tertiary/aromatic N) is 1. The number of nitrogens with one attached hydrogen (secondary N) is 3. The molecule has 0 fully saturated rings. The van der Waals surface area contributed by atoms with E-state index in [1.807, 2.05) is 0 Å². The standard InChI is InChI=1S/C8H15N5O4S2/c1-18(14,15)11-4-5-12-19(16,17)7-2-3-8(13-9)10-6-7/h2-3,6,11-12H,4-5,9H2,1H3,(H,10,13). The summed E-state index contributed by atoms with van der Waals surface area (Å²) in [5.41, 5.74) is 2.27. The van der Waals surface area contributed by atoms with Crippen LogP contribution in [0.25, 0.3) is 0 Å². The molecule has 0 saturated carbocycles. The van der Waals surface area contributed by atoms with E-state index in [4.69, 9.17) is 5.84 Å². The van der Waals surface area contributed by atoms with Crippen LogP contribution in [0, 0.1) is 0 Å². The van der Waals surface area contributed by atoms with E-state index in [1.54, 1.807) is 0 Å². The highest BCUT2D eigenvalue weighted by atomic mass is 32.2. The summed E-state index contributed by atoms with van der Waals surface area (Å²) in [5.74, 6) is 5.44. The lowest BCUT2D eigenvalue weighted by Gasteiger charge is -2.07. The van der Waals surface area contributed by atoms with Crippen LogP contribution in [0.4, 0.5) is 5.82 Å². The van der Waals surface area contributed by atoms with Crippen molar-refractivity contribution in [1.29, 1.82) is 0 Å². The van der Waals surface area contributed by atoms with Crippen molar-refractivity contribution in [2.24, 2.45) is 5.84 Å². The van der Waals surface area contributed by atoms with Gasteiger partial charge in [-0.25, -0.2) is 37.1 Å². The SMILES string of the molecule is CS(=O)(=O)NCCNS(=O)(=O)c1ccc(NN)nc1. The van der Waals surface area contributed by atoms with E-state index in [2.05, 4.69) is 19.9 Å². The molecule has 0 unspecified atom stereocenters. The third kappa shape index (κ3) is 5.48. The molecule has 9 nitrogen and oxygen atoms in total. The summed E-state index contributed by atoms with van der Waals surface area (Å²) in [6.45, 7) is -0.0970. The van der Waals surface area contributed by atoms with Crippen molar-refractivity contribution in [3.63, 3.8) is 0 Å². The summed E-state index contributed by atoms with van der Waals surface area (Å²) >= 11 is 0. The van der Waals surface area contributed by atoms with Gasteiger partial charge >= 0.3 is 0 Å². The molecule has 11 heteroatoms. The molecule has 108 valence electrons. The first-order valence-corrected chi connectivity index (χ1v) is 8.49. The third-order valence-electron chi connectivity index (χ3n) is 1.98. The van der Waals surface area contributed by atoms with Crippen molar-refractivity contribution in [2.45, 2.75) is 4.90 Å². The van der Waals surface area contributed by atoms with Crippen molar-refractivity contribution in [3.05, 3.63) is 18.3 Å². The van der Waals surface area contributed by atoms with Crippen LogP contribution >= 0.6 is 0 Å². The van der Waals surface area contributed by atoms with Gasteiger partial charge in [0.1, 0.15) is 10.7 Å². The average Bonchev–Trinajstić information content (AvgIpc) is 2.34. The van der Waals surface area contributed by atoms with Crippen molar-refractivity contribution >= 4 is 25.9 Å². The molecule has 5 N–H and O–H groups in total.